The third-order valence-corrected chi connectivity index (χ3v) is 4.26. The maximum Gasteiger partial charge on any atom is 0.0467 e. The van der Waals surface area contributed by atoms with Crippen LogP contribution in [0.2, 0.25) is 0 Å². The number of nitrogens with one attached hydrogen (secondary N) is 1. The molecule has 3 atom stereocenters. The zero-order chi connectivity index (χ0) is 12.9. The minimum absolute atomic E-state index is 0.346. The van der Waals surface area contributed by atoms with E-state index < -0.39 is 0 Å². The predicted octanol–water partition coefficient (Wildman–Crippen LogP) is 3.46. The fourth-order valence-corrected chi connectivity index (χ4v) is 2.84. The molecule has 2 heteroatoms. The van der Waals surface area contributed by atoms with Gasteiger partial charge in [-0.1, -0.05) is 27.7 Å². The van der Waals surface area contributed by atoms with Crippen LogP contribution in [0.15, 0.2) is 0 Å². The molecule has 0 saturated heterocycles. The fraction of sp³-hybridized carbons (Fsp3) is 1.00. The first kappa shape index (κ1) is 15.0. The zero-order valence-electron chi connectivity index (χ0n) is 12.4. The SMILES string of the molecule is COCCC(C)(C)CNC1CCC(C)CC1C. The average Bonchev–Trinajstić information content (AvgIpc) is 2.25. The molecule has 0 aromatic rings. The van der Waals surface area contributed by atoms with E-state index in [1.54, 1.807) is 7.11 Å². The molecule has 2 nitrogen and oxygen atoms in total. The molecule has 1 aliphatic carbocycles. The van der Waals surface area contributed by atoms with Gasteiger partial charge in [-0.25, -0.2) is 0 Å². The summed E-state index contributed by atoms with van der Waals surface area (Å²) in [5.41, 5.74) is 0.346. The Kier molecular flexibility index (Phi) is 5.94. The second-order valence-electron chi connectivity index (χ2n) is 6.79. The molecule has 0 amide bonds. The number of methoxy groups -OCH3 is 1. The smallest absolute Gasteiger partial charge is 0.0467 e. The minimum Gasteiger partial charge on any atom is -0.385 e. The third-order valence-electron chi connectivity index (χ3n) is 4.26. The summed E-state index contributed by atoms with van der Waals surface area (Å²) in [4.78, 5) is 0. The average molecular weight is 241 g/mol. The minimum atomic E-state index is 0.346. The number of hydrogen-bond donors (Lipinski definition) is 1. The second kappa shape index (κ2) is 6.75. The van der Waals surface area contributed by atoms with Crippen molar-refractivity contribution >= 4 is 0 Å². The van der Waals surface area contributed by atoms with E-state index in [4.69, 9.17) is 4.74 Å². The summed E-state index contributed by atoms with van der Waals surface area (Å²) < 4.78 is 5.18. The van der Waals surface area contributed by atoms with E-state index in [-0.39, 0.29) is 0 Å². The summed E-state index contributed by atoms with van der Waals surface area (Å²) in [5.74, 6) is 1.75. The van der Waals surface area contributed by atoms with Crippen molar-refractivity contribution in [2.75, 3.05) is 20.3 Å². The number of hydrogen-bond acceptors (Lipinski definition) is 2. The monoisotopic (exact) mass is 241 g/mol. The van der Waals surface area contributed by atoms with Gasteiger partial charge in [0.1, 0.15) is 0 Å². The predicted molar refractivity (Wildman–Crippen MR) is 74.2 cm³/mol. The van der Waals surface area contributed by atoms with Crippen LogP contribution in [0, 0.1) is 17.3 Å². The van der Waals surface area contributed by atoms with Crippen LogP contribution in [0.4, 0.5) is 0 Å². The van der Waals surface area contributed by atoms with E-state index in [0.717, 1.165) is 37.5 Å². The normalized spacial score (nSPS) is 30.5. The molecule has 102 valence electrons. The fourth-order valence-electron chi connectivity index (χ4n) is 2.84. The highest BCUT2D eigenvalue weighted by Gasteiger charge is 2.27. The molecular formula is C15H31NO. The Bertz CT molecular complexity index is 215. The van der Waals surface area contributed by atoms with Crippen LogP contribution in [-0.4, -0.2) is 26.3 Å². The van der Waals surface area contributed by atoms with Gasteiger partial charge in [-0.15, -0.1) is 0 Å². The van der Waals surface area contributed by atoms with Crippen LogP contribution in [0.5, 0.6) is 0 Å². The molecule has 1 fully saturated rings. The Morgan fingerprint density at radius 1 is 1.24 bits per heavy atom. The van der Waals surface area contributed by atoms with Gasteiger partial charge in [-0.2, -0.15) is 0 Å². The van der Waals surface area contributed by atoms with Gasteiger partial charge < -0.3 is 10.1 Å². The lowest BCUT2D eigenvalue weighted by molar-refractivity contribution is 0.141. The van der Waals surface area contributed by atoms with E-state index in [0.29, 0.717) is 5.41 Å². The van der Waals surface area contributed by atoms with Crippen LogP contribution < -0.4 is 5.32 Å². The first-order valence-electron chi connectivity index (χ1n) is 7.17. The Morgan fingerprint density at radius 2 is 1.94 bits per heavy atom. The largest absolute Gasteiger partial charge is 0.385 e. The van der Waals surface area contributed by atoms with Gasteiger partial charge in [0, 0.05) is 26.3 Å². The number of rotatable bonds is 6. The summed E-state index contributed by atoms with van der Waals surface area (Å²) in [6.07, 6.45) is 5.26. The summed E-state index contributed by atoms with van der Waals surface area (Å²) in [7, 11) is 1.79. The van der Waals surface area contributed by atoms with E-state index in [2.05, 4.69) is 33.0 Å². The molecule has 0 aromatic carbocycles. The first-order chi connectivity index (χ1) is 7.94. The standard InChI is InChI=1S/C15H31NO/c1-12-6-7-14(13(2)10-12)16-11-15(3,4)8-9-17-5/h12-14,16H,6-11H2,1-5H3. The Hall–Kier alpha value is -0.0800. The Balaban J connectivity index is 2.29. The maximum absolute atomic E-state index is 5.18. The molecule has 0 radical (unpaired) electrons. The van der Waals surface area contributed by atoms with Gasteiger partial charge in [0.25, 0.3) is 0 Å². The van der Waals surface area contributed by atoms with Gasteiger partial charge in [-0.3, -0.25) is 0 Å². The van der Waals surface area contributed by atoms with Crippen molar-refractivity contribution in [1.29, 1.82) is 0 Å². The van der Waals surface area contributed by atoms with Gasteiger partial charge in [0.2, 0.25) is 0 Å². The highest BCUT2D eigenvalue weighted by Crippen LogP contribution is 2.29. The van der Waals surface area contributed by atoms with Crippen LogP contribution in [-0.2, 0) is 4.74 Å². The summed E-state index contributed by atoms with van der Waals surface area (Å²) in [6, 6.07) is 0.730. The molecular weight excluding hydrogens is 210 g/mol. The summed E-state index contributed by atoms with van der Waals surface area (Å²) in [5, 5.41) is 3.79. The van der Waals surface area contributed by atoms with E-state index >= 15 is 0 Å². The Morgan fingerprint density at radius 3 is 2.53 bits per heavy atom. The van der Waals surface area contributed by atoms with Crippen molar-refractivity contribution in [2.45, 2.75) is 59.4 Å². The van der Waals surface area contributed by atoms with E-state index in [1.165, 1.54) is 19.3 Å². The molecule has 1 N–H and O–H groups in total. The summed E-state index contributed by atoms with van der Waals surface area (Å²) in [6.45, 7) is 11.4. The lowest BCUT2D eigenvalue weighted by Crippen LogP contribution is -2.43. The highest BCUT2D eigenvalue weighted by molar-refractivity contribution is 4.83. The molecule has 17 heavy (non-hydrogen) atoms. The van der Waals surface area contributed by atoms with Gasteiger partial charge in [0.15, 0.2) is 0 Å². The Labute approximate surface area is 108 Å². The quantitative estimate of drug-likeness (QED) is 0.769. The highest BCUT2D eigenvalue weighted by atomic mass is 16.5. The lowest BCUT2D eigenvalue weighted by Gasteiger charge is -2.36. The molecule has 3 unspecified atom stereocenters. The molecule has 0 spiro atoms. The molecule has 1 rings (SSSR count). The van der Waals surface area contributed by atoms with E-state index in [1.807, 2.05) is 0 Å². The molecule has 1 saturated carbocycles. The molecule has 0 aliphatic heterocycles. The molecule has 0 heterocycles. The van der Waals surface area contributed by atoms with Gasteiger partial charge >= 0.3 is 0 Å². The summed E-state index contributed by atoms with van der Waals surface area (Å²) >= 11 is 0. The van der Waals surface area contributed by atoms with Crippen LogP contribution >= 0.6 is 0 Å². The van der Waals surface area contributed by atoms with E-state index in [9.17, 15) is 0 Å². The van der Waals surface area contributed by atoms with Crippen molar-refractivity contribution in [2.24, 2.45) is 17.3 Å². The van der Waals surface area contributed by atoms with Crippen molar-refractivity contribution in [1.82, 2.24) is 5.32 Å². The first-order valence-corrected chi connectivity index (χ1v) is 7.17. The van der Waals surface area contributed by atoms with Crippen molar-refractivity contribution in [3.05, 3.63) is 0 Å². The second-order valence-corrected chi connectivity index (χ2v) is 6.79. The van der Waals surface area contributed by atoms with Gasteiger partial charge in [0.05, 0.1) is 0 Å². The lowest BCUT2D eigenvalue weighted by atomic mass is 9.79. The van der Waals surface area contributed by atoms with Gasteiger partial charge in [-0.05, 0) is 42.9 Å². The third kappa shape index (κ3) is 5.39. The maximum atomic E-state index is 5.18. The van der Waals surface area contributed by atoms with Crippen LogP contribution in [0.3, 0.4) is 0 Å². The molecule has 0 aromatic heterocycles. The van der Waals surface area contributed by atoms with Crippen LogP contribution in [0.1, 0.15) is 53.4 Å². The topological polar surface area (TPSA) is 21.3 Å². The van der Waals surface area contributed by atoms with Crippen molar-refractivity contribution in [3.8, 4) is 0 Å². The van der Waals surface area contributed by atoms with Crippen molar-refractivity contribution < 1.29 is 4.74 Å². The molecule has 0 bridgehead atoms. The molecule has 1 aliphatic rings. The van der Waals surface area contributed by atoms with Crippen LogP contribution in [0.25, 0.3) is 0 Å². The zero-order valence-corrected chi connectivity index (χ0v) is 12.4. The number of ether oxygens (including phenoxy) is 1. The van der Waals surface area contributed by atoms with Crippen molar-refractivity contribution in [3.63, 3.8) is 0 Å².